The Morgan fingerprint density at radius 1 is 1.31 bits per heavy atom. The van der Waals surface area contributed by atoms with Gasteiger partial charge in [-0.1, -0.05) is 12.8 Å². The van der Waals surface area contributed by atoms with E-state index in [0.29, 0.717) is 12.5 Å². The molecule has 1 aliphatic rings. The van der Waals surface area contributed by atoms with E-state index in [9.17, 15) is 8.42 Å². The van der Waals surface area contributed by atoms with Crippen molar-refractivity contribution < 1.29 is 8.42 Å². The van der Waals surface area contributed by atoms with Crippen LogP contribution in [0.25, 0.3) is 0 Å². The van der Waals surface area contributed by atoms with Gasteiger partial charge in [-0.25, -0.2) is 12.7 Å². The third-order valence-electron chi connectivity index (χ3n) is 3.64. The number of nitrogens with two attached hydrogens (primary N) is 1. The minimum Gasteiger partial charge on any atom is -0.330 e. The summed E-state index contributed by atoms with van der Waals surface area (Å²) in [4.78, 5) is 0. The summed E-state index contributed by atoms with van der Waals surface area (Å²) >= 11 is 0. The molecule has 0 amide bonds. The second kappa shape index (κ2) is 5.47. The first-order valence-corrected chi connectivity index (χ1v) is 7.58. The smallest absolute Gasteiger partial charge is 0.216 e. The van der Waals surface area contributed by atoms with Crippen LogP contribution in [-0.2, 0) is 10.0 Å². The summed E-state index contributed by atoms with van der Waals surface area (Å²) in [6.45, 7) is 4.04. The fourth-order valence-corrected chi connectivity index (χ4v) is 3.78. The molecule has 0 radical (unpaired) electrons. The minimum atomic E-state index is -3.14. The van der Waals surface area contributed by atoms with Gasteiger partial charge in [0.15, 0.2) is 0 Å². The summed E-state index contributed by atoms with van der Waals surface area (Å²) < 4.78 is 25.7. The molecule has 5 heteroatoms. The maximum absolute atomic E-state index is 12.1. The van der Waals surface area contributed by atoms with Crippen LogP contribution in [0.3, 0.4) is 0 Å². The van der Waals surface area contributed by atoms with Gasteiger partial charge in [0.2, 0.25) is 10.0 Å². The normalized spacial score (nSPS) is 27.6. The molecule has 0 spiro atoms. The van der Waals surface area contributed by atoms with Gasteiger partial charge in [-0.05, 0) is 39.2 Å². The average Bonchev–Trinajstić information content (AvgIpc) is 2.27. The summed E-state index contributed by atoms with van der Waals surface area (Å²) in [6.07, 6.45) is 4.29. The van der Waals surface area contributed by atoms with Crippen molar-refractivity contribution >= 4 is 10.0 Å². The van der Waals surface area contributed by atoms with E-state index in [2.05, 4.69) is 0 Å². The molecule has 0 aliphatic heterocycles. The number of sulfonamides is 1. The first kappa shape index (κ1) is 13.9. The Morgan fingerprint density at radius 2 is 1.88 bits per heavy atom. The van der Waals surface area contributed by atoms with Crippen LogP contribution in [0.1, 0.15) is 39.5 Å². The molecule has 0 saturated heterocycles. The first-order valence-electron chi connectivity index (χ1n) is 6.08. The summed E-state index contributed by atoms with van der Waals surface area (Å²) in [6, 6.07) is 0.103. The van der Waals surface area contributed by atoms with Gasteiger partial charge in [0.05, 0.1) is 5.25 Å². The van der Waals surface area contributed by atoms with Crippen LogP contribution in [-0.4, -0.2) is 37.6 Å². The van der Waals surface area contributed by atoms with E-state index in [1.165, 1.54) is 6.42 Å². The van der Waals surface area contributed by atoms with Gasteiger partial charge in [0, 0.05) is 13.1 Å². The van der Waals surface area contributed by atoms with Crippen molar-refractivity contribution in [2.24, 2.45) is 11.7 Å². The molecule has 96 valence electrons. The van der Waals surface area contributed by atoms with Crippen molar-refractivity contribution in [3.05, 3.63) is 0 Å². The van der Waals surface area contributed by atoms with Crippen molar-refractivity contribution in [1.82, 2.24) is 4.31 Å². The first-order chi connectivity index (χ1) is 7.41. The van der Waals surface area contributed by atoms with Crippen LogP contribution in [0.2, 0.25) is 0 Å². The Morgan fingerprint density at radius 3 is 2.38 bits per heavy atom. The van der Waals surface area contributed by atoms with E-state index < -0.39 is 10.0 Å². The van der Waals surface area contributed by atoms with Gasteiger partial charge in [0.1, 0.15) is 0 Å². The number of hydrogen-bond acceptors (Lipinski definition) is 3. The van der Waals surface area contributed by atoms with Crippen molar-refractivity contribution in [3.63, 3.8) is 0 Å². The summed E-state index contributed by atoms with van der Waals surface area (Å²) in [5.41, 5.74) is 5.73. The van der Waals surface area contributed by atoms with Crippen molar-refractivity contribution in [1.29, 1.82) is 0 Å². The molecule has 0 bridgehead atoms. The van der Waals surface area contributed by atoms with Gasteiger partial charge in [0.25, 0.3) is 0 Å². The molecule has 4 nitrogen and oxygen atoms in total. The molecule has 0 aromatic carbocycles. The number of nitrogens with zero attached hydrogens (tertiary/aromatic N) is 1. The van der Waals surface area contributed by atoms with Crippen LogP contribution in [0, 0.1) is 5.92 Å². The van der Waals surface area contributed by atoms with E-state index >= 15 is 0 Å². The third kappa shape index (κ3) is 2.76. The molecule has 0 aromatic heterocycles. The monoisotopic (exact) mass is 248 g/mol. The maximum Gasteiger partial charge on any atom is 0.216 e. The van der Waals surface area contributed by atoms with Crippen molar-refractivity contribution in [2.75, 3.05) is 13.6 Å². The highest BCUT2D eigenvalue weighted by molar-refractivity contribution is 7.89. The summed E-state index contributed by atoms with van der Waals surface area (Å²) in [5.74, 6) is 0.326. The second-order valence-electron chi connectivity index (χ2n) is 4.96. The number of hydrogen-bond donors (Lipinski definition) is 1. The SMILES string of the molecule is CC(C)S(=O)(=O)N(C)C1CCCCC1CN. The fraction of sp³-hybridized carbons (Fsp3) is 1.00. The highest BCUT2D eigenvalue weighted by Crippen LogP contribution is 2.29. The quantitative estimate of drug-likeness (QED) is 0.812. The predicted molar refractivity (Wildman–Crippen MR) is 66.6 cm³/mol. The molecule has 1 aliphatic carbocycles. The van der Waals surface area contributed by atoms with E-state index in [1.54, 1.807) is 25.2 Å². The molecular weight excluding hydrogens is 224 g/mol. The van der Waals surface area contributed by atoms with Crippen molar-refractivity contribution in [2.45, 2.75) is 50.8 Å². The lowest BCUT2D eigenvalue weighted by molar-refractivity contribution is 0.203. The molecule has 16 heavy (non-hydrogen) atoms. The van der Waals surface area contributed by atoms with Crippen molar-refractivity contribution in [3.8, 4) is 0 Å². The Kier molecular flexibility index (Phi) is 4.76. The van der Waals surface area contributed by atoms with Crippen LogP contribution >= 0.6 is 0 Å². The summed E-state index contributed by atoms with van der Waals surface area (Å²) in [5, 5.41) is -0.349. The molecule has 1 saturated carbocycles. The molecule has 0 heterocycles. The Balaban J connectivity index is 2.82. The van der Waals surface area contributed by atoms with Crippen LogP contribution < -0.4 is 5.73 Å². The van der Waals surface area contributed by atoms with E-state index in [4.69, 9.17) is 5.73 Å². The zero-order chi connectivity index (χ0) is 12.3. The third-order valence-corrected chi connectivity index (χ3v) is 5.90. The maximum atomic E-state index is 12.1. The number of rotatable bonds is 4. The van der Waals surface area contributed by atoms with E-state index in [0.717, 1.165) is 19.3 Å². The van der Waals surface area contributed by atoms with Gasteiger partial charge < -0.3 is 5.73 Å². The largest absolute Gasteiger partial charge is 0.330 e. The molecule has 2 unspecified atom stereocenters. The molecule has 1 rings (SSSR count). The predicted octanol–water partition coefficient (Wildman–Crippen LogP) is 1.17. The second-order valence-corrected chi connectivity index (χ2v) is 7.51. The Hall–Kier alpha value is -0.130. The van der Waals surface area contributed by atoms with Crippen LogP contribution in [0.4, 0.5) is 0 Å². The Bertz CT molecular complexity index is 314. The van der Waals surface area contributed by atoms with Gasteiger partial charge in [-0.15, -0.1) is 0 Å². The zero-order valence-corrected chi connectivity index (χ0v) is 11.3. The topological polar surface area (TPSA) is 63.4 Å². The molecule has 0 aromatic rings. The highest BCUT2D eigenvalue weighted by Gasteiger charge is 2.34. The lowest BCUT2D eigenvalue weighted by Crippen LogP contribution is -2.47. The zero-order valence-electron chi connectivity index (χ0n) is 10.5. The van der Waals surface area contributed by atoms with E-state index in [-0.39, 0.29) is 11.3 Å². The lowest BCUT2D eigenvalue weighted by atomic mass is 9.85. The Labute approximate surface area is 99.2 Å². The van der Waals surface area contributed by atoms with Gasteiger partial charge in [-0.2, -0.15) is 0 Å². The summed E-state index contributed by atoms with van der Waals surface area (Å²) in [7, 11) is -1.44. The highest BCUT2D eigenvalue weighted by atomic mass is 32.2. The molecule has 1 fully saturated rings. The van der Waals surface area contributed by atoms with Crippen LogP contribution in [0.15, 0.2) is 0 Å². The molecular formula is C11H24N2O2S. The lowest BCUT2D eigenvalue weighted by Gasteiger charge is -2.37. The molecule has 2 N–H and O–H groups in total. The minimum absolute atomic E-state index is 0.103. The standard InChI is InChI=1S/C11H24N2O2S/c1-9(2)16(14,15)13(3)11-7-5-4-6-10(11)8-12/h9-11H,4-8,12H2,1-3H3. The molecule has 2 atom stereocenters. The van der Waals surface area contributed by atoms with E-state index in [1.807, 2.05) is 0 Å². The fourth-order valence-electron chi connectivity index (χ4n) is 2.46. The van der Waals surface area contributed by atoms with Gasteiger partial charge >= 0.3 is 0 Å². The van der Waals surface area contributed by atoms with Gasteiger partial charge in [-0.3, -0.25) is 0 Å². The average molecular weight is 248 g/mol. The van der Waals surface area contributed by atoms with Crippen LogP contribution in [0.5, 0.6) is 0 Å².